The normalized spacial score (nSPS) is 10.5. The van der Waals surface area contributed by atoms with Gasteiger partial charge < -0.3 is 5.11 Å². The fourth-order valence-corrected chi connectivity index (χ4v) is 2.26. The third-order valence-corrected chi connectivity index (χ3v) is 3.25. The Labute approximate surface area is 124 Å². The highest BCUT2D eigenvalue weighted by molar-refractivity contribution is 6.35. The van der Waals surface area contributed by atoms with E-state index in [4.69, 9.17) is 39.9 Å². The summed E-state index contributed by atoms with van der Waals surface area (Å²) in [7, 11) is 0. The van der Waals surface area contributed by atoms with E-state index in [9.17, 15) is 4.79 Å². The predicted octanol–water partition coefficient (Wildman–Crippen LogP) is 4.34. The second kappa shape index (κ2) is 5.78. The van der Waals surface area contributed by atoms with E-state index in [1.807, 2.05) is 0 Å². The first kappa shape index (κ1) is 14.1. The van der Waals surface area contributed by atoms with Gasteiger partial charge in [0.1, 0.15) is 5.15 Å². The van der Waals surface area contributed by atoms with Crippen LogP contribution in [-0.4, -0.2) is 16.1 Å². The smallest absolute Gasteiger partial charge is 0.309 e. The van der Waals surface area contributed by atoms with Gasteiger partial charge in [0, 0.05) is 21.2 Å². The summed E-state index contributed by atoms with van der Waals surface area (Å²) in [6.07, 6.45) is -0.237. The molecular formula is C13H8Cl3NO2. The zero-order valence-electron chi connectivity index (χ0n) is 9.53. The number of halogens is 3. The van der Waals surface area contributed by atoms with Gasteiger partial charge in [0.15, 0.2) is 0 Å². The summed E-state index contributed by atoms with van der Waals surface area (Å²) in [6, 6.07) is 8.25. The number of aliphatic carboxylic acids is 1. The van der Waals surface area contributed by atoms with Gasteiger partial charge in [0.25, 0.3) is 0 Å². The van der Waals surface area contributed by atoms with E-state index in [1.165, 1.54) is 0 Å². The van der Waals surface area contributed by atoms with Crippen LogP contribution in [0.2, 0.25) is 15.2 Å². The van der Waals surface area contributed by atoms with E-state index in [0.717, 1.165) is 0 Å². The fraction of sp³-hybridized carbons (Fsp3) is 0.0769. The van der Waals surface area contributed by atoms with Crippen molar-refractivity contribution < 1.29 is 9.90 Å². The lowest BCUT2D eigenvalue weighted by Gasteiger charge is -2.10. The first-order chi connectivity index (χ1) is 8.97. The van der Waals surface area contributed by atoms with Gasteiger partial charge in [-0.2, -0.15) is 0 Å². The van der Waals surface area contributed by atoms with E-state index in [2.05, 4.69) is 4.98 Å². The van der Waals surface area contributed by atoms with E-state index < -0.39 is 5.97 Å². The molecule has 0 saturated carbocycles. The molecule has 0 aliphatic heterocycles. The van der Waals surface area contributed by atoms with Gasteiger partial charge in [0.2, 0.25) is 0 Å². The van der Waals surface area contributed by atoms with Crippen molar-refractivity contribution in [3.63, 3.8) is 0 Å². The molecule has 98 valence electrons. The number of rotatable bonds is 3. The highest BCUT2D eigenvalue weighted by atomic mass is 35.5. The molecule has 0 aliphatic rings. The van der Waals surface area contributed by atoms with Crippen LogP contribution in [0.15, 0.2) is 30.3 Å². The van der Waals surface area contributed by atoms with Crippen molar-refractivity contribution in [2.75, 3.05) is 0 Å². The minimum Gasteiger partial charge on any atom is -0.481 e. The van der Waals surface area contributed by atoms with Crippen molar-refractivity contribution in [1.29, 1.82) is 0 Å². The van der Waals surface area contributed by atoms with Crippen LogP contribution in [0.1, 0.15) is 5.69 Å². The summed E-state index contributed by atoms with van der Waals surface area (Å²) in [5.74, 6) is -0.992. The lowest BCUT2D eigenvalue weighted by atomic mass is 10.0. The van der Waals surface area contributed by atoms with Crippen molar-refractivity contribution in [1.82, 2.24) is 4.98 Å². The van der Waals surface area contributed by atoms with Gasteiger partial charge in [-0.15, -0.1) is 0 Å². The van der Waals surface area contributed by atoms with E-state index >= 15 is 0 Å². The molecule has 2 rings (SSSR count). The number of benzene rings is 1. The Balaban J connectivity index is 2.60. The van der Waals surface area contributed by atoms with Gasteiger partial charge in [-0.3, -0.25) is 4.79 Å². The van der Waals surface area contributed by atoms with Gasteiger partial charge >= 0.3 is 5.97 Å². The van der Waals surface area contributed by atoms with E-state index in [0.29, 0.717) is 26.9 Å². The predicted molar refractivity (Wildman–Crippen MR) is 76.0 cm³/mol. The molecule has 6 heteroatoms. The molecule has 19 heavy (non-hydrogen) atoms. The first-order valence-corrected chi connectivity index (χ1v) is 6.43. The van der Waals surface area contributed by atoms with Crippen molar-refractivity contribution in [2.45, 2.75) is 6.42 Å². The molecule has 0 spiro atoms. The largest absolute Gasteiger partial charge is 0.481 e. The quantitative estimate of drug-likeness (QED) is 0.857. The summed E-state index contributed by atoms with van der Waals surface area (Å²) in [5.41, 5.74) is 1.60. The van der Waals surface area contributed by atoms with Crippen LogP contribution < -0.4 is 0 Å². The number of hydrogen-bond donors (Lipinski definition) is 1. The zero-order valence-corrected chi connectivity index (χ0v) is 11.8. The molecule has 0 saturated heterocycles. The molecule has 0 unspecified atom stereocenters. The Kier molecular flexibility index (Phi) is 4.30. The summed E-state index contributed by atoms with van der Waals surface area (Å²) in [6.45, 7) is 0. The molecule has 3 nitrogen and oxygen atoms in total. The molecule has 0 fully saturated rings. The molecule has 1 heterocycles. The molecule has 1 aromatic carbocycles. The minimum atomic E-state index is -0.992. The second-order valence-electron chi connectivity index (χ2n) is 3.82. The maximum Gasteiger partial charge on any atom is 0.309 e. The van der Waals surface area contributed by atoms with Crippen molar-refractivity contribution in [3.8, 4) is 11.1 Å². The summed E-state index contributed by atoms with van der Waals surface area (Å²) >= 11 is 17.8. The topological polar surface area (TPSA) is 50.2 Å². The first-order valence-electron chi connectivity index (χ1n) is 5.30. The Hall–Kier alpha value is -1.29. The zero-order chi connectivity index (χ0) is 14.0. The molecule has 0 radical (unpaired) electrons. The summed E-state index contributed by atoms with van der Waals surface area (Å²) in [5, 5.41) is 10.1. The number of nitrogens with zero attached hydrogens (tertiary/aromatic N) is 1. The van der Waals surface area contributed by atoms with Gasteiger partial charge in [0.05, 0.1) is 12.1 Å². The van der Waals surface area contributed by atoms with Crippen LogP contribution in [0, 0.1) is 0 Å². The Bertz CT molecular complexity index is 644. The van der Waals surface area contributed by atoms with Crippen LogP contribution in [0.25, 0.3) is 11.1 Å². The molecule has 0 amide bonds. The Morgan fingerprint density at radius 2 is 1.84 bits per heavy atom. The molecule has 0 atom stereocenters. The summed E-state index contributed by atoms with van der Waals surface area (Å²) < 4.78 is 0. The number of hydrogen-bond acceptors (Lipinski definition) is 2. The van der Waals surface area contributed by atoms with Crippen LogP contribution in [0.5, 0.6) is 0 Å². The Morgan fingerprint density at radius 1 is 1.11 bits per heavy atom. The Morgan fingerprint density at radius 3 is 2.53 bits per heavy atom. The third-order valence-electron chi connectivity index (χ3n) is 2.48. The standard InChI is InChI=1S/C13H8Cl3NO2/c14-7-1-3-10(15)9(5-7)8-2-4-12(16)17-11(8)6-13(18)19/h1-5H,6H2,(H,18,19). The molecule has 0 aliphatic carbocycles. The van der Waals surface area contributed by atoms with Crippen LogP contribution >= 0.6 is 34.8 Å². The average Bonchev–Trinajstić information content (AvgIpc) is 2.32. The number of carboxylic acid groups (broad SMARTS) is 1. The fourth-order valence-electron chi connectivity index (χ4n) is 1.70. The van der Waals surface area contributed by atoms with Crippen LogP contribution in [-0.2, 0) is 11.2 Å². The van der Waals surface area contributed by atoms with E-state index in [-0.39, 0.29) is 11.6 Å². The molecular weight excluding hydrogens is 309 g/mol. The van der Waals surface area contributed by atoms with Crippen LogP contribution in [0.3, 0.4) is 0 Å². The SMILES string of the molecule is O=C(O)Cc1nc(Cl)ccc1-c1cc(Cl)ccc1Cl. The maximum atomic E-state index is 10.9. The third kappa shape index (κ3) is 3.38. The molecule has 2 aromatic rings. The van der Waals surface area contributed by atoms with Gasteiger partial charge in [-0.1, -0.05) is 34.8 Å². The number of carbonyl (C=O) groups is 1. The number of aromatic nitrogens is 1. The molecule has 0 bridgehead atoms. The van der Waals surface area contributed by atoms with Gasteiger partial charge in [-0.25, -0.2) is 4.98 Å². The number of pyridine rings is 1. The molecule has 1 N–H and O–H groups in total. The molecule has 1 aromatic heterocycles. The van der Waals surface area contributed by atoms with Gasteiger partial charge in [-0.05, 0) is 30.3 Å². The number of carboxylic acids is 1. The monoisotopic (exact) mass is 315 g/mol. The highest BCUT2D eigenvalue weighted by Crippen LogP contribution is 2.33. The minimum absolute atomic E-state index is 0.234. The lowest BCUT2D eigenvalue weighted by Crippen LogP contribution is -2.04. The second-order valence-corrected chi connectivity index (χ2v) is 5.05. The van der Waals surface area contributed by atoms with Crippen LogP contribution in [0.4, 0.5) is 0 Å². The summed E-state index contributed by atoms with van der Waals surface area (Å²) in [4.78, 5) is 14.9. The van der Waals surface area contributed by atoms with Crippen molar-refractivity contribution in [3.05, 3.63) is 51.2 Å². The highest BCUT2D eigenvalue weighted by Gasteiger charge is 2.14. The van der Waals surface area contributed by atoms with E-state index in [1.54, 1.807) is 30.3 Å². The van der Waals surface area contributed by atoms with Crippen molar-refractivity contribution in [2.24, 2.45) is 0 Å². The lowest BCUT2D eigenvalue weighted by molar-refractivity contribution is -0.136. The maximum absolute atomic E-state index is 10.9. The average molecular weight is 317 g/mol. The van der Waals surface area contributed by atoms with Crippen molar-refractivity contribution >= 4 is 40.8 Å².